The average molecular weight is 392 g/mol. The van der Waals surface area contributed by atoms with Crippen molar-refractivity contribution in [3.8, 4) is 17.4 Å². The minimum absolute atomic E-state index is 0.523. The van der Waals surface area contributed by atoms with Gasteiger partial charge in [0.15, 0.2) is 11.5 Å². The molecule has 0 aliphatic heterocycles. The molecule has 0 aliphatic carbocycles. The molecule has 152 valence electrons. The summed E-state index contributed by atoms with van der Waals surface area (Å²) in [6.07, 6.45) is 2.64. The van der Waals surface area contributed by atoms with E-state index in [-0.39, 0.29) is 0 Å². The Hall–Kier alpha value is -3.05. The van der Waals surface area contributed by atoms with Crippen LogP contribution in [0.1, 0.15) is 24.5 Å². The van der Waals surface area contributed by atoms with E-state index in [1.54, 1.807) is 6.20 Å². The Morgan fingerprint density at radius 2 is 1.69 bits per heavy atom. The lowest BCUT2D eigenvalue weighted by Gasteiger charge is -2.14. The van der Waals surface area contributed by atoms with Crippen LogP contribution >= 0.6 is 0 Å². The first-order valence-electron chi connectivity index (χ1n) is 10.0. The first kappa shape index (κ1) is 20.7. The monoisotopic (exact) mass is 392 g/mol. The molecule has 3 aromatic rings. The third kappa shape index (κ3) is 7.12. The first-order chi connectivity index (χ1) is 14.3. The van der Waals surface area contributed by atoms with Crippen molar-refractivity contribution in [2.45, 2.75) is 26.5 Å². The van der Waals surface area contributed by atoms with Crippen LogP contribution in [0.4, 0.5) is 0 Å². The average Bonchev–Trinajstić information content (AvgIpc) is 2.77. The predicted octanol–water partition coefficient (Wildman–Crippen LogP) is 4.62. The maximum atomic E-state index is 5.96. The van der Waals surface area contributed by atoms with Crippen molar-refractivity contribution in [1.82, 2.24) is 10.3 Å². The van der Waals surface area contributed by atoms with Crippen molar-refractivity contribution < 1.29 is 14.2 Å². The van der Waals surface area contributed by atoms with Gasteiger partial charge in [-0.2, -0.15) is 0 Å². The van der Waals surface area contributed by atoms with Gasteiger partial charge in [-0.15, -0.1) is 0 Å². The highest BCUT2D eigenvalue weighted by atomic mass is 16.5. The van der Waals surface area contributed by atoms with Crippen LogP contribution in [0.2, 0.25) is 0 Å². The fourth-order valence-electron chi connectivity index (χ4n) is 2.82. The Balaban J connectivity index is 1.43. The van der Waals surface area contributed by atoms with E-state index >= 15 is 0 Å². The van der Waals surface area contributed by atoms with Crippen molar-refractivity contribution in [2.75, 3.05) is 19.8 Å². The van der Waals surface area contributed by atoms with Crippen LogP contribution < -0.4 is 19.5 Å². The van der Waals surface area contributed by atoms with E-state index in [0.717, 1.165) is 42.1 Å². The molecule has 0 atom stereocenters. The van der Waals surface area contributed by atoms with Crippen molar-refractivity contribution >= 4 is 0 Å². The number of aromatic nitrogens is 1. The second kappa shape index (κ2) is 11.7. The maximum Gasteiger partial charge on any atom is 0.213 e. The van der Waals surface area contributed by atoms with Crippen LogP contribution in [0, 0.1) is 0 Å². The summed E-state index contributed by atoms with van der Waals surface area (Å²) in [5.41, 5.74) is 2.29. The molecule has 0 spiro atoms. The highest BCUT2D eigenvalue weighted by Crippen LogP contribution is 2.29. The van der Waals surface area contributed by atoms with E-state index in [2.05, 4.69) is 28.5 Å². The van der Waals surface area contributed by atoms with Gasteiger partial charge in [-0.1, -0.05) is 42.5 Å². The topological polar surface area (TPSA) is 52.6 Å². The molecule has 2 aromatic carbocycles. The summed E-state index contributed by atoms with van der Waals surface area (Å²) in [6.45, 7) is 5.37. The van der Waals surface area contributed by atoms with Crippen LogP contribution in [0.3, 0.4) is 0 Å². The summed E-state index contributed by atoms with van der Waals surface area (Å²) in [5, 5.41) is 3.44. The van der Waals surface area contributed by atoms with Crippen LogP contribution in [-0.2, 0) is 13.2 Å². The number of ether oxygens (including phenoxy) is 3. The summed E-state index contributed by atoms with van der Waals surface area (Å²) in [6, 6.07) is 21.9. The van der Waals surface area contributed by atoms with Gasteiger partial charge < -0.3 is 19.5 Å². The van der Waals surface area contributed by atoms with Crippen molar-refractivity contribution in [2.24, 2.45) is 0 Å². The van der Waals surface area contributed by atoms with Gasteiger partial charge >= 0.3 is 0 Å². The number of rotatable bonds is 12. The summed E-state index contributed by atoms with van der Waals surface area (Å²) in [5.74, 6) is 2.21. The maximum absolute atomic E-state index is 5.96. The van der Waals surface area contributed by atoms with Crippen molar-refractivity contribution in [1.29, 1.82) is 0 Å². The molecule has 0 amide bonds. The zero-order valence-corrected chi connectivity index (χ0v) is 16.8. The molecule has 0 aliphatic rings. The molecule has 0 radical (unpaired) electrons. The van der Waals surface area contributed by atoms with Crippen LogP contribution in [0.15, 0.2) is 72.9 Å². The molecule has 5 heteroatoms. The largest absolute Gasteiger partial charge is 0.490 e. The summed E-state index contributed by atoms with van der Waals surface area (Å²) < 4.78 is 17.3. The number of nitrogens with one attached hydrogen (secondary N) is 1. The van der Waals surface area contributed by atoms with Gasteiger partial charge in [-0.05, 0) is 49.2 Å². The van der Waals surface area contributed by atoms with Gasteiger partial charge in [0.25, 0.3) is 0 Å². The summed E-state index contributed by atoms with van der Waals surface area (Å²) >= 11 is 0. The van der Waals surface area contributed by atoms with Gasteiger partial charge in [-0.3, -0.25) is 0 Å². The smallest absolute Gasteiger partial charge is 0.213 e. The molecule has 1 N–H and O–H groups in total. The standard InChI is InChI=1S/C24H28N2O3/c1-2-27-23-17-21(12-13-22(23)29-19-20-9-4-3-5-10-20)18-25-14-8-16-28-24-11-6-7-15-26-24/h3-7,9-13,15,17,25H,2,8,14,16,18-19H2,1H3. The Morgan fingerprint density at radius 1 is 0.828 bits per heavy atom. The molecule has 5 nitrogen and oxygen atoms in total. The van der Waals surface area contributed by atoms with E-state index < -0.39 is 0 Å². The van der Waals surface area contributed by atoms with Gasteiger partial charge in [0, 0.05) is 18.8 Å². The Bertz CT molecular complexity index is 841. The first-order valence-corrected chi connectivity index (χ1v) is 10.0. The lowest BCUT2D eigenvalue weighted by atomic mass is 10.2. The highest BCUT2D eigenvalue weighted by Gasteiger charge is 2.07. The van der Waals surface area contributed by atoms with Gasteiger partial charge in [-0.25, -0.2) is 4.98 Å². The van der Waals surface area contributed by atoms with Crippen LogP contribution in [0.5, 0.6) is 17.4 Å². The molecule has 0 saturated heterocycles. The Kier molecular flexibility index (Phi) is 8.35. The van der Waals surface area contributed by atoms with Crippen LogP contribution in [0.25, 0.3) is 0 Å². The summed E-state index contributed by atoms with van der Waals surface area (Å²) in [4.78, 5) is 4.15. The van der Waals surface area contributed by atoms with Gasteiger partial charge in [0.05, 0.1) is 13.2 Å². The minimum Gasteiger partial charge on any atom is -0.490 e. The number of hydrogen-bond donors (Lipinski definition) is 1. The second-order valence-corrected chi connectivity index (χ2v) is 6.54. The summed E-state index contributed by atoms with van der Waals surface area (Å²) in [7, 11) is 0. The zero-order valence-electron chi connectivity index (χ0n) is 16.8. The number of hydrogen-bond acceptors (Lipinski definition) is 5. The molecule has 0 saturated carbocycles. The second-order valence-electron chi connectivity index (χ2n) is 6.54. The predicted molar refractivity (Wildman–Crippen MR) is 114 cm³/mol. The minimum atomic E-state index is 0.523. The van der Waals surface area contributed by atoms with Gasteiger partial charge in [0.1, 0.15) is 6.61 Å². The van der Waals surface area contributed by atoms with E-state index in [4.69, 9.17) is 14.2 Å². The molecular formula is C24H28N2O3. The lowest BCUT2D eigenvalue weighted by molar-refractivity contribution is 0.269. The van der Waals surface area contributed by atoms with Gasteiger partial charge in [0.2, 0.25) is 5.88 Å². The lowest BCUT2D eigenvalue weighted by Crippen LogP contribution is -2.17. The van der Waals surface area contributed by atoms with E-state index in [9.17, 15) is 0 Å². The van der Waals surface area contributed by atoms with Crippen LogP contribution in [-0.4, -0.2) is 24.7 Å². The number of pyridine rings is 1. The van der Waals surface area contributed by atoms with E-state index in [1.165, 1.54) is 0 Å². The molecule has 3 rings (SSSR count). The molecule has 0 fully saturated rings. The Labute approximate surface area is 172 Å². The SMILES string of the molecule is CCOc1cc(CNCCCOc2ccccn2)ccc1OCc1ccccc1. The fourth-order valence-corrected chi connectivity index (χ4v) is 2.82. The molecular weight excluding hydrogens is 364 g/mol. The Morgan fingerprint density at radius 3 is 2.48 bits per heavy atom. The molecule has 0 bridgehead atoms. The molecule has 0 unspecified atom stereocenters. The quantitative estimate of drug-likeness (QED) is 0.456. The number of nitrogens with zero attached hydrogens (tertiary/aromatic N) is 1. The highest BCUT2D eigenvalue weighted by molar-refractivity contribution is 5.43. The number of benzene rings is 2. The fraction of sp³-hybridized carbons (Fsp3) is 0.292. The van der Waals surface area contributed by atoms with Crippen molar-refractivity contribution in [3.63, 3.8) is 0 Å². The van der Waals surface area contributed by atoms with E-state index in [0.29, 0.717) is 25.7 Å². The van der Waals surface area contributed by atoms with Crippen molar-refractivity contribution in [3.05, 3.63) is 84.1 Å². The molecule has 1 heterocycles. The molecule has 29 heavy (non-hydrogen) atoms. The molecule has 1 aromatic heterocycles. The normalized spacial score (nSPS) is 10.5. The third-order valence-electron chi connectivity index (χ3n) is 4.26. The third-order valence-corrected chi connectivity index (χ3v) is 4.26. The van der Waals surface area contributed by atoms with E-state index in [1.807, 2.05) is 55.5 Å². The zero-order chi connectivity index (χ0) is 20.2.